The summed E-state index contributed by atoms with van der Waals surface area (Å²) in [6.07, 6.45) is 1.70. The molecular weight excluding hydrogens is 166 g/mol. The fourth-order valence-corrected chi connectivity index (χ4v) is 1.17. The minimum absolute atomic E-state index is 0.0171. The second-order valence-electron chi connectivity index (χ2n) is 2.33. The van der Waals surface area contributed by atoms with Crippen molar-refractivity contribution in [3.8, 4) is 0 Å². The Morgan fingerprint density at radius 2 is 2.45 bits per heavy atom. The van der Waals surface area contributed by atoms with Crippen LogP contribution in [0.15, 0.2) is 12.3 Å². The van der Waals surface area contributed by atoms with Gasteiger partial charge in [-0.15, -0.1) is 0 Å². The number of aliphatic carboxylic acids is 1. The number of hydrogen-bond donors (Lipinski definition) is 1. The standard InChI is InChI=1S/C7H8ClNO2/c1-9-4-5(8)2-6(9)3-7(10)11/h2,4H,3H2,1H3,(H,10,11). The first-order valence-corrected chi connectivity index (χ1v) is 3.50. The highest BCUT2D eigenvalue weighted by Crippen LogP contribution is 2.12. The first-order chi connectivity index (χ1) is 5.09. The minimum Gasteiger partial charge on any atom is -0.481 e. The number of carbonyl (C=O) groups is 1. The number of aryl methyl sites for hydroxylation is 1. The molecule has 0 aromatic carbocycles. The molecule has 1 N–H and O–H groups in total. The lowest BCUT2D eigenvalue weighted by Gasteiger charge is -1.96. The average Bonchev–Trinajstić information content (AvgIpc) is 2.09. The number of carboxylic acids is 1. The molecular formula is C7H8ClNO2. The number of carboxylic acid groups (broad SMARTS) is 1. The summed E-state index contributed by atoms with van der Waals surface area (Å²) in [5.74, 6) is -0.845. The van der Waals surface area contributed by atoms with Crippen LogP contribution >= 0.6 is 11.6 Å². The summed E-state index contributed by atoms with van der Waals surface area (Å²) in [5, 5.41) is 9.02. The van der Waals surface area contributed by atoms with Gasteiger partial charge in [0.1, 0.15) is 0 Å². The van der Waals surface area contributed by atoms with E-state index in [1.807, 2.05) is 0 Å². The molecule has 0 unspecified atom stereocenters. The molecule has 1 heterocycles. The van der Waals surface area contributed by atoms with Crippen LogP contribution in [0.4, 0.5) is 0 Å². The van der Waals surface area contributed by atoms with Gasteiger partial charge in [-0.05, 0) is 6.07 Å². The highest BCUT2D eigenvalue weighted by Gasteiger charge is 2.04. The molecule has 0 aliphatic rings. The van der Waals surface area contributed by atoms with Crippen LogP contribution in [0.1, 0.15) is 5.69 Å². The molecule has 0 atom stereocenters. The molecule has 0 amide bonds. The summed E-state index contributed by atoms with van der Waals surface area (Å²) in [7, 11) is 1.77. The van der Waals surface area contributed by atoms with Gasteiger partial charge in [0.25, 0.3) is 0 Å². The summed E-state index contributed by atoms with van der Waals surface area (Å²) in [6.45, 7) is 0. The number of nitrogens with zero attached hydrogens (tertiary/aromatic N) is 1. The lowest BCUT2D eigenvalue weighted by atomic mass is 10.3. The Bertz CT molecular complexity index is 280. The van der Waals surface area contributed by atoms with Crippen molar-refractivity contribution in [2.45, 2.75) is 6.42 Å². The largest absolute Gasteiger partial charge is 0.481 e. The topological polar surface area (TPSA) is 42.2 Å². The van der Waals surface area contributed by atoms with Crippen molar-refractivity contribution >= 4 is 17.6 Å². The fourth-order valence-electron chi connectivity index (χ4n) is 0.897. The van der Waals surface area contributed by atoms with Gasteiger partial charge in [-0.25, -0.2) is 0 Å². The Morgan fingerprint density at radius 1 is 1.82 bits per heavy atom. The minimum atomic E-state index is -0.845. The van der Waals surface area contributed by atoms with Crippen molar-refractivity contribution in [2.24, 2.45) is 7.05 Å². The predicted molar refractivity (Wildman–Crippen MR) is 41.8 cm³/mol. The molecule has 60 valence electrons. The van der Waals surface area contributed by atoms with Gasteiger partial charge in [0.15, 0.2) is 0 Å². The zero-order valence-electron chi connectivity index (χ0n) is 6.04. The Balaban J connectivity index is 2.85. The molecule has 0 saturated carbocycles. The van der Waals surface area contributed by atoms with E-state index >= 15 is 0 Å². The van der Waals surface area contributed by atoms with Gasteiger partial charge in [0.2, 0.25) is 0 Å². The molecule has 0 fully saturated rings. The highest BCUT2D eigenvalue weighted by molar-refractivity contribution is 6.30. The summed E-state index contributed by atoms with van der Waals surface area (Å²) in [5.41, 5.74) is 0.711. The Labute approximate surface area is 69.2 Å². The molecule has 0 aliphatic carbocycles. The molecule has 4 heteroatoms. The van der Waals surface area contributed by atoms with Crippen LogP contribution in [0, 0.1) is 0 Å². The van der Waals surface area contributed by atoms with Crippen LogP contribution < -0.4 is 0 Å². The monoisotopic (exact) mass is 173 g/mol. The maximum Gasteiger partial charge on any atom is 0.309 e. The van der Waals surface area contributed by atoms with Crippen molar-refractivity contribution in [2.75, 3.05) is 0 Å². The Morgan fingerprint density at radius 3 is 2.82 bits per heavy atom. The normalized spacial score (nSPS) is 10.0. The molecule has 1 aromatic heterocycles. The highest BCUT2D eigenvalue weighted by atomic mass is 35.5. The van der Waals surface area contributed by atoms with E-state index in [2.05, 4.69) is 0 Å². The van der Waals surface area contributed by atoms with E-state index in [0.29, 0.717) is 10.7 Å². The third-order valence-corrected chi connectivity index (χ3v) is 1.61. The first kappa shape index (κ1) is 8.14. The van der Waals surface area contributed by atoms with Crippen LogP contribution in [-0.2, 0) is 18.3 Å². The van der Waals surface area contributed by atoms with Gasteiger partial charge < -0.3 is 9.67 Å². The van der Waals surface area contributed by atoms with Crippen LogP contribution in [-0.4, -0.2) is 15.6 Å². The third-order valence-electron chi connectivity index (χ3n) is 1.41. The molecule has 1 aromatic rings. The van der Waals surface area contributed by atoms with Crippen LogP contribution in [0.3, 0.4) is 0 Å². The van der Waals surface area contributed by atoms with Crippen molar-refractivity contribution < 1.29 is 9.90 Å². The Hall–Kier alpha value is -0.960. The SMILES string of the molecule is Cn1cc(Cl)cc1CC(=O)O. The van der Waals surface area contributed by atoms with E-state index in [4.69, 9.17) is 16.7 Å². The van der Waals surface area contributed by atoms with Crippen molar-refractivity contribution in [3.63, 3.8) is 0 Å². The summed E-state index contributed by atoms with van der Waals surface area (Å²) in [6, 6.07) is 1.65. The molecule has 11 heavy (non-hydrogen) atoms. The third kappa shape index (κ3) is 1.98. The second-order valence-corrected chi connectivity index (χ2v) is 2.77. The predicted octanol–water partition coefficient (Wildman–Crippen LogP) is 1.31. The van der Waals surface area contributed by atoms with Crippen LogP contribution in [0.5, 0.6) is 0 Å². The molecule has 0 spiro atoms. The number of hydrogen-bond acceptors (Lipinski definition) is 1. The lowest BCUT2D eigenvalue weighted by molar-refractivity contribution is -0.136. The van der Waals surface area contributed by atoms with E-state index in [-0.39, 0.29) is 6.42 Å². The van der Waals surface area contributed by atoms with Crippen molar-refractivity contribution in [1.82, 2.24) is 4.57 Å². The molecule has 3 nitrogen and oxygen atoms in total. The smallest absolute Gasteiger partial charge is 0.309 e. The maximum atomic E-state index is 10.3. The zero-order valence-corrected chi connectivity index (χ0v) is 6.80. The molecule has 0 bridgehead atoms. The summed E-state index contributed by atoms with van der Waals surface area (Å²) >= 11 is 5.64. The fraction of sp³-hybridized carbons (Fsp3) is 0.286. The van der Waals surface area contributed by atoms with E-state index < -0.39 is 5.97 Å². The number of halogens is 1. The zero-order chi connectivity index (χ0) is 8.43. The number of rotatable bonds is 2. The van der Waals surface area contributed by atoms with Gasteiger partial charge in [0.05, 0.1) is 11.4 Å². The van der Waals surface area contributed by atoms with E-state index in [1.54, 1.807) is 23.9 Å². The molecule has 0 radical (unpaired) electrons. The molecule has 0 aliphatic heterocycles. The quantitative estimate of drug-likeness (QED) is 0.733. The van der Waals surface area contributed by atoms with Crippen LogP contribution in [0.25, 0.3) is 0 Å². The summed E-state index contributed by atoms with van der Waals surface area (Å²) in [4.78, 5) is 10.3. The maximum absolute atomic E-state index is 10.3. The second kappa shape index (κ2) is 2.96. The lowest BCUT2D eigenvalue weighted by Crippen LogP contribution is -2.04. The van der Waals surface area contributed by atoms with Crippen molar-refractivity contribution in [3.05, 3.63) is 23.0 Å². The molecule has 1 rings (SSSR count). The summed E-state index contributed by atoms with van der Waals surface area (Å²) < 4.78 is 1.70. The first-order valence-electron chi connectivity index (χ1n) is 3.12. The Kier molecular flexibility index (Phi) is 2.19. The van der Waals surface area contributed by atoms with Gasteiger partial charge in [-0.1, -0.05) is 11.6 Å². The van der Waals surface area contributed by atoms with Gasteiger partial charge in [-0.3, -0.25) is 4.79 Å². The van der Waals surface area contributed by atoms with Crippen molar-refractivity contribution in [1.29, 1.82) is 0 Å². The van der Waals surface area contributed by atoms with E-state index in [0.717, 1.165) is 0 Å². The average molecular weight is 174 g/mol. The number of aromatic nitrogens is 1. The van der Waals surface area contributed by atoms with E-state index in [9.17, 15) is 4.79 Å². The van der Waals surface area contributed by atoms with Crippen LogP contribution in [0.2, 0.25) is 5.02 Å². The van der Waals surface area contributed by atoms with E-state index in [1.165, 1.54) is 0 Å². The van der Waals surface area contributed by atoms with Gasteiger partial charge >= 0.3 is 5.97 Å². The van der Waals surface area contributed by atoms with Gasteiger partial charge in [0, 0.05) is 18.9 Å². The van der Waals surface area contributed by atoms with Gasteiger partial charge in [-0.2, -0.15) is 0 Å². The molecule has 0 saturated heterocycles.